The number of anilines is 1. The van der Waals surface area contributed by atoms with Gasteiger partial charge in [-0.3, -0.25) is 4.79 Å². The van der Waals surface area contributed by atoms with E-state index in [0.717, 1.165) is 26.8 Å². The molecule has 3 aromatic rings. The minimum absolute atomic E-state index is 0.167. The van der Waals surface area contributed by atoms with Crippen LogP contribution in [0, 0.1) is 0 Å². The Hall–Kier alpha value is -2.72. The Bertz CT molecular complexity index is 925. The number of nitrogens with one attached hydrogen (secondary N) is 1. The largest absolute Gasteiger partial charge is 0.481 e. The molecule has 144 valence electrons. The maximum Gasteiger partial charge on any atom is 0.265 e. The van der Waals surface area contributed by atoms with E-state index in [-0.39, 0.29) is 5.91 Å². The molecule has 1 atom stereocenters. The van der Waals surface area contributed by atoms with Gasteiger partial charge in [-0.15, -0.1) is 0 Å². The Labute approximate surface area is 171 Å². The number of carbonyl (C=O) groups excluding carboxylic acids is 1. The molecule has 0 aliphatic heterocycles. The Morgan fingerprint density at radius 2 is 1.50 bits per heavy atom. The van der Waals surface area contributed by atoms with E-state index >= 15 is 0 Å². The average molecular weight is 392 g/mol. The van der Waals surface area contributed by atoms with Gasteiger partial charge in [0.2, 0.25) is 0 Å². The fourth-order valence-corrected chi connectivity index (χ4v) is 3.74. The Morgan fingerprint density at radius 1 is 0.857 bits per heavy atom. The van der Waals surface area contributed by atoms with E-state index in [1.807, 2.05) is 66.7 Å². The molecular formula is C24H25NO2S. The lowest BCUT2D eigenvalue weighted by Gasteiger charge is -2.19. The number of ether oxygens (including phenoxy) is 1. The summed E-state index contributed by atoms with van der Waals surface area (Å²) >= 11 is 1.62. The molecule has 0 aromatic heterocycles. The monoisotopic (exact) mass is 391 g/mol. The lowest BCUT2D eigenvalue weighted by atomic mass is 10.0. The molecule has 3 aromatic carbocycles. The Balaban J connectivity index is 1.71. The molecule has 1 amide bonds. The highest BCUT2D eigenvalue weighted by atomic mass is 32.2. The molecule has 0 radical (unpaired) electrons. The first-order valence-electron chi connectivity index (χ1n) is 9.43. The summed E-state index contributed by atoms with van der Waals surface area (Å²) in [4.78, 5) is 14.9. The third kappa shape index (κ3) is 5.17. The standard InChI is InChI=1S/C24H25NO2S/c1-17(2)20-13-7-9-15-22(20)27-18(3)24(26)25-21-14-8-10-16-23(21)28-19-11-5-4-6-12-19/h4-18H,1-3H3,(H,25,26). The molecule has 0 aliphatic carbocycles. The highest BCUT2D eigenvalue weighted by Gasteiger charge is 2.18. The molecule has 0 aliphatic rings. The summed E-state index contributed by atoms with van der Waals surface area (Å²) in [5.74, 6) is 0.918. The number of benzene rings is 3. The molecule has 1 N–H and O–H groups in total. The number of hydrogen-bond acceptors (Lipinski definition) is 3. The van der Waals surface area contributed by atoms with Crippen molar-refractivity contribution < 1.29 is 9.53 Å². The van der Waals surface area contributed by atoms with Crippen LogP contribution in [0.3, 0.4) is 0 Å². The van der Waals surface area contributed by atoms with Crippen LogP contribution < -0.4 is 10.1 Å². The van der Waals surface area contributed by atoms with Gasteiger partial charge in [-0.25, -0.2) is 0 Å². The Kier molecular flexibility index (Phi) is 6.77. The summed E-state index contributed by atoms with van der Waals surface area (Å²) in [7, 11) is 0. The summed E-state index contributed by atoms with van der Waals surface area (Å²) in [5.41, 5.74) is 1.89. The zero-order valence-electron chi connectivity index (χ0n) is 16.4. The summed E-state index contributed by atoms with van der Waals surface area (Å²) in [5, 5.41) is 3.01. The fraction of sp³-hybridized carbons (Fsp3) is 0.208. The normalized spacial score (nSPS) is 11.9. The molecular weight excluding hydrogens is 366 g/mol. The van der Waals surface area contributed by atoms with E-state index in [4.69, 9.17) is 4.74 Å². The van der Waals surface area contributed by atoms with Crippen LogP contribution in [0.1, 0.15) is 32.3 Å². The van der Waals surface area contributed by atoms with Crippen molar-refractivity contribution in [2.75, 3.05) is 5.32 Å². The first-order valence-corrected chi connectivity index (χ1v) is 10.2. The van der Waals surface area contributed by atoms with E-state index in [2.05, 4.69) is 31.3 Å². The molecule has 0 spiro atoms. The maximum atomic E-state index is 12.8. The number of rotatable bonds is 7. The lowest BCUT2D eigenvalue weighted by molar-refractivity contribution is -0.122. The fourth-order valence-electron chi connectivity index (χ4n) is 2.82. The quantitative estimate of drug-likeness (QED) is 0.509. The van der Waals surface area contributed by atoms with Crippen molar-refractivity contribution in [2.45, 2.75) is 42.6 Å². The molecule has 3 nitrogen and oxygen atoms in total. The highest BCUT2D eigenvalue weighted by Crippen LogP contribution is 2.33. The van der Waals surface area contributed by atoms with Gasteiger partial charge < -0.3 is 10.1 Å². The molecule has 0 bridgehead atoms. The van der Waals surface area contributed by atoms with Gasteiger partial charge in [0.1, 0.15) is 5.75 Å². The first kappa shape index (κ1) is 20.0. The SMILES string of the molecule is CC(Oc1ccccc1C(C)C)C(=O)Nc1ccccc1Sc1ccccc1. The second kappa shape index (κ2) is 9.47. The van der Waals surface area contributed by atoms with Gasteiger partial charge in [-0.1, -0.05) is 74.1 Å². The van der Waals surface area contributed by atoms with Gasteiger partial charge in [0.05, 0.1) is 5.69 Å². The topological polar surface area (TPSA) is 38.3 Å². The van der Waals surface area contributed by atoms with Crippen molar-refractivity contribution in [3.05, 3.63) is 84.4 Å². The molecule has 4 heteroatoms. The van der Waals surface area contributed by atoms with Crippen LogP contribution >= 0.6 is 11.8 Å². The predicted molar refractivity (Wildman–Crippen MR) is 116 cm³/mol. The van der Waals surface area contributed by atoms with Crippen LogP contribution in [0.5, 0.6) is 5.75 Å². The molecule has 0 saturated heterocycles. The van der Waals surface area contributed by atoms with Gasteiger partial charge >= 0.3 is 0 Å². The maximum absolute atomic E-state index is 12.8. The minimum Gasteiger partial charge on any atom is -0.481 e. The zero-order chi connectivity index (χ0) is 19.9. The van der Waals surface area contributed by atoms with Crippen molar-refractivity contribution in [3.63, 3.8) is 0 Å². The number of carbonyl (C=O) groups is 1. The average Bonchev–Trinajstić information content (AvgIpc) is 2.70. The highest BCUT2D eigenvalue weighted by molar-refractivity contribution is 7.99. The van der Waals surface area contributed by atoms with Crippen molar-refractivity contribution in [1.29, 1.82) is 0 Å². The molecule has 0 saturated carbocycles. The Morgan fingerprint density at radius 3 is 2.25 bits per heavy atom. The van der Waals surface area contributed by atoms with Crippen LogP contribution in [-0.2, 0) is 4.79 Å². The molecule has 0 heterocycles. The van der Waals surface area contributed by atoms with Gasteiger partial charge in [-0.2, -0.15) is 0 Å². The summed E-state index contributed by atoms with van der Waals surface area (Å²) < 4.78 is 5.98. The lowest BCUT2D eigenvalue weighted by Crippen LogP contribution is -2.30. The summed E-state index contributed by atoms with van der Waals surface area (Å²) in [6, 6.07) is 25.8. The van der Waals surface area contributed by atoms with Gasteiger partial charge in [0.25, 0.3) is 5.91 Å². The van der Waals surface area contributed by atoms with E-state index in [1.54, 1.807) is 18.7 Å². The molecule has 28 heavy (non-hydrogen) atoms. The van der Waals surface area contributed by atoms with Crippen molar-refractivity contribution in [2.24, 2.45) is 0 Å². The zero-order valence-corrected chi connectivity index (χ0v) is 17.2. The predicted octanol–water partition coefficient (Wildman–Crippen LogP) is 6.37. The van der Waals surface area contributed by atoms with Crippen molar-refractivity contribution >= 4 is 23.4 Å². The molecule has 3 rings (SSSR count). The van der Waals surface area contributed by atoms with Crippen molar-refractivity contribution in [3.8, 4) is 5.75 Å². The minimum atomic E-state index is -0.602. The number of para-hydroxylation sites is 2. The third-order valence-electron chi connectivity index (χ3n) is 4.33. The molecule has 1 unspecified atom stereocenters. The number of amides is 1. The summed E-state index contributed by atoms with van der Waals surface area (Å²) in [6.07, 6.45) is -0.602. The molecule has 0 fully saturated rings. The van der Waals surface area contributed by atoms with Crippen LogP contribution in [0.25, 0.3) is 0 Å². The van der Waals surface area contributed by atoms with E-state index < -0.39 is 6.10 Å². The smallest absolute Gasteiger partial charge is 0.265 e. The number of hydrogen-bond donors (Lipinski definition) is 1. The van der Waals surface area contributed by atoms with Gasteiger partial charge in [0, 0.05) is 9.79 Å². The van der Waals surface area contributed by atoms with Gasteiger partial charge in [0.15, 0.2) is 6.10 Å². The first-order chi connectivity index (χ1) is 13.5. The second-order valence-electron chi connectivity index (χ2n) is 6.85. The van der Waals surface area contributed by atoms with Crippen LogP contribution in [0.2, 0.25) is 0 Å². The van der Waals surface area contributed by atoms with E-state index in [0.29, 0.717) is 5.92 Å². The van der Waals surface area contributed by atoms with Crippen LogP contribution in [-0.4, -0.2) is 12.0 Å². The van der Waals surface area contributed by atoms with Crippen LogP contribution in [0.4, 0.5) is 5.69 Å². The summed E-state index contributed by atoms with van der Waals surface area (Å²) in [6.45, 7) is 6.01. The second-order valence-corrected chi connectivity index (χ2v) is 7.97. The van der Waals surface area contributed by atoms with Crippen LogP contribution in [0.15, 0.2) is 88.7 Å². The van der Waals surface area contributed by atoms with E-state index in [9.17, 15) is 4.79 Å². The van der Waals surface area contributed by atoms with E-state index in [1.165, 1.54) is 0 Å². The van der Waals surface area contributed by atoms with Gasteiger partial charge in [-0.05, 0) is 48.7 Å². The van der Waals surface area contributed by atoms with Crippen molar-refractivity contribution in [1.82, 2.24) is 0 Å². The third-order valence-corrected chi connectivity index (χ3v) is 5.41.